The Labute approximate surface area is 126 Å². The molecule has 1 heterocycles. The van der Waals surface area contributed by atoms with E-state index in [1.54, 1.807) is 0 Å². The van der Waals surface area contributed by atoms with E-state index >= 15 is 0 Å². The number of aryl methyl sites for hydroxylation is 2. The molecule has 1 aromatic rings. The van der Waals surface area contributed by atoms with Crippen LogP contribution < -0.4 is 10.6 Å². The summed E-state index contributed by atoms with van der Waals surface area (Å²) in [5, 5.41) is 6.34. The number of amides is 1. The topological polar surface area (TPSA) is 44.4 Å². The molecule has 114 valence electrons. The second kappa shape index (κ2) is 6.16. The van der Waals surface area contributed by atoms with E-state index in [0.717, 1.165) is 32.5 Å². The Morgan fingerprint density at radius 3 is 3.14 bits per heavy atom. The van der Waals surface area contributed by atoms with Crippen molar-refractivity contribution >= 4 is 5.91 Å². The first kappa shape index (κ1) is 14.5. The molecular formula is C17H25N3O. The zero-order valence-corrected chi connectivity index (χ0v) is 13.0. The number of nitrogens with zero attached hydrogens (tertiary/aromatic N) is 1. The molecule has 2 unspecified atom stereocenters. The molecule has 1 aromatic carbocycles. The smallest absolute Gasteiger partial charge is 0.238 e. The fraction of sp³-hybridized carbons (Fsp3) is 0.588. The molecule has 1 aliphatic heterocycles. The third-order valence-corrected chi connectivity index (χ3v) is 4.69. The van der Waals surface area contributed by atoms with Crippen molar-refractivity contribution in [1.29, 1.82) is 0 Å². The molecule has 4 nitrogen and oxygen atoms in total. The molecule has 4 heteroatoms. The zero-order chi connectivity index (χ0) is 14.8. The lowest BCUT2D eigenvalue weighted by Crippen LogP contribution is -2.58. The molecule has 0 saturated carbocycles. The SMILES string of the molecule is CCNC(=O)C1CNCCN1C1CCc2ccc(C)cc21. The minimum absolute atomic E-state index is 0.0461. The predicted molar refractivity (Wildman–Crippen MR) is 84.3 cm³/mol. The van der Waals surface area contributed by atoms with Crippen molar-refractivity contribution in [2.75, 3.05) is 26.2 Å². The second-order valence-electron chi connectivity index (χ2n) is 6.11. The van der Waals surface area contributed by atoms with Gasteiger partial charge in [0.2, 0.25) is 5.91 Å². The first-order valence-corrected chi connectivity index (χ1v) is 8.04. The van der Waals surface area contributed by atoms with Gasteiger partial charge in [-0.2, -0.15) is 0 Å². The van der Waals surface area contributed by atoms with Crippen LogP contribution in [-0.2, 0) is 11.2 Å². The zero-order valence-electron chi connectivity index (χ0n) is 13.0. The number of likely N-dealkylation sites (N-methyl/N-ethyl adjacent to an activating group) is 1. The highest BCUT2D eigenvalue weighted by Crippen LogP contribution is 2.37. The molecule has 1 fully saturated rings. The molecule has 3 rings (SSSR count). The average molecular weight is 287 g/mol. The van der Waals surface area contributed by atoms with Gasteiger partial charge < -0.3 is 10.6 Å². The quantitative estimate of drug-likeness (QED) is 0.883. The third kappa shape index (κ3) is 2.83. The normalized spacial score (nSPS) is 25.6. The molecule has 1 amide bonds. The van der Waals surface area contributed by atoms with Crippen LogP contribution in [0.4, 0.5) is 0 Å². The van der Waals surface area contributed by atoms with E-state index in [2.05, 4.69) is 40.7 Å². The van der Waals surface area contributed by atoms with Gasteiger partial charge in [0.25, 0.3) is 0 Å². The number of nitrogens with one attached hydrogen (secondary N) is 2. The van der Waals surface area contributed by atoms with E-state index in [4.69, 9.17) is 0 Å². The van der Waals surface area contributed by atoms with E-state index in [0.29, 0.717) is 12.6 Å². The Morgan fingerprint density at radius 1 is 1.48 bits per heavy atom. The number of piperazine rings is 1. The maximum atomic E-state index is 12.4. The van der Waals surface area contributed by atoms with Crippen molar-refractivity contribution in [2.24, 2.45) is 0 Å². The standard InChI is InChI=1S/C17H25N3O/c1-3-19-17(21)16-11-18-8-9-20(16)15-7-6-13-5-4-12(2)10-14(13)15/h4-5,10,15-16,18H,3,6-9,11H2,1-2H3,(H,19,21). The molecule has 2 N–H and O–H groups in total. The summed E-state index contributed by atoms with van der Waals surface area (Å²) in [5.74, 6) is 0.158. The van der Waals surface area contributed by atoms with Crippen LogP contribution in [0, 0.1) is 6.92 Å². The molecule has 0 spiro atoms. The van der Waals surface area contributed by atoms with Gasteiger partial charge in [-0.3, -0.25) is 9.69 Å². The van der Waals surface area contributed by atoms with Crippen molar-refractivity contribution < 1.29 is 4.79 Å². The lowest BCUT2D eigenvalue weighted by molar-refractivity contribution is -0.128. The van der Waals surface area contributed by atoms with Crippen LogP contribution in [0.1, 0.15) is 36.1 Å². The fourth-order valence-electron chi connectivity index (χ4n) is 3.67. The summed E-state index contributed by atoms with van der Waals surface area (Å²) in [4.78, 5) is 14.8. The number of hydrogen-bond acceptors (Lipinski definition) is 3. The number of rotatable bonds is 3. The monoisotopic (exact) mass is 287 g/mol. The highest BCUT2D eigenvalue weighted by atomic mass is 16.2. The highest BCUT2D eigenvalue weighted by molar-refractivity contribution is 5.82. The summed E-state index contributed by atoms with van der Waals surface area (Å²) in [6.45, 7) is 7.49. The van der Waals surface area contributed by atoms with Crippen LogP contribution in [0.5, 0.6) is 0 Å². The fourth-order valence-corrected chi connectivity index (χ4v) is 3.67. The second-order valence-corrected chi connectivity index (χ2v) is 6.11. The van der Waals surface area contributed by atoms with Crippen molar-refractivity contribution in [3.63, 3.8) is 0 Å². The van der Waals surface area contributed by atoms with Crippen LogP contribution in [0.25, 0.3) is 0 Å². The number of carbonyl (C=O) groups excluding carboxylic acids is 1. The van der Waals surface area contributed by atoms with Gasteiger partial charge in [-0.05, 0) is 37.8 Å². The molecular weight excluding hydrogens is 262 g/mol. The van der Waals surface area contributed by atoms with E-state index in [1.165, 1.54) is 16.7 Å². The third-order valence-electron chi connectivity index (χ3n) is 4.69. The van der Waals surface area contributed by atoms with E-state index in [9.17, 15) is 4.79 Å². The van der Waals surface area contributed by atoms with Crippen molar-refractivity contribution in [3.8, 4) is 0 Å². The molecule has 0 aromatic heterocycles. The Balaban J connectivity index is 1.85. The summed E-state index contributed by atoms with van der Waals surface area (Å²) in [7, 11) is 0. The first-order chi connectivity index (χ1) is 10.2. The van der Waals surface area contributed by atoms with Crippen molar-refractivity contribution in [2.45, 2.75) is 38.8 Å². The van der Waals surface area contributed by atoms with Gasteiger partial charge in [-0.1, -0.05) is 23.8 Å². The summed E-state index contributed by atoms with van der Waals surface area (Å²) in [5.41, 5.74) is 4.20. The largest absolute Gasteiger partial charge is 0.355 e. The number of fused-ring (bicyclic) bond motifs is 1. The molecule has 1 aliphatic carbocycles. The predicted octanol–water partition coefficient (Wildman–Crippen LogP) is 1.39. The van der Waals surface area contributed by atoms with Crippen molar-refractivity contribution in [1.82, 2.24) is 15.5 Å². The molecule has 0 radical (unpaired) electrons. The van der Waals surface area contributed by atoms with Crippen LogP contribution in [-0.4, -0.2) is 43.0 Å². The van der Waals surface area contributed by atoms with Crippen LogP contribution >= 0.6 is 0 Å². The summed E-state index contributed by atoms with van der Waals surface area (Å²) in [6.07, 6.45) is 2.26. The van der Waals surface area contributed by atoms with Crippen LogP contribution in [0.2, 0.25) is 0 Å². The summed E-state index contributed by atoms with van der Waals surface area (Å²) in [6, 6.07) is 7.11. The van der Waals surface area contributed by atoms with E-state index in [-0.39, 0.29) is 11.9 Å². The Morgan fingerprint density at radius 2 is 2.33 bits per heavy atom. The Hall–Kier alpha value is -1.39. The maximum absolute atomic E-state index is 12.4. The van der Waals surface area contributed by atoms with Gasteiger partial charge in [0.1, 0.15) is 6.04 Å². The minimum atomic E-state index is -0.0461. The van der Waals surface area contributed by atoms with Crippen LogP contribution in [0.3, 0.4) is 0 Å². The number of benzene rings is 1. The summed E-state index contributed by atoms with van der Waals surface area (Å²) < 4.78 is 0. The van der Waals surface area contributed by atoms with Gasteiger partial charge in [0.15, 0.2) is 0 Å². The first-order valence-electron chi connectivity index (χ1n) is 8.04. The van der Waals surface area contributed by atoms with Crippen molar-refractivity contribution in [3.05, 3.63) is 34.9 Å². The lowest BCUT2D eigenvalue weighted by Gasteiger charge is -2.39. The van der Waals surface area contributed by atoms with Crippen LogP contribution in [0.15, 0.2) is 18.2 Å². The number of carbonyl (C=O) groups is 1. The maximum Gasteiger partial charge on any atom is 0.238 e. The summed E-state index contributed by atoms with van der Waals surface area (Å²) >= 11 is 0. The molecule has 21 heavy (non-hydrogen) atoms. The van der Waals surface area contributed by atoms with Gasteiger partial charge in [-0.25, -0.2) is 0 Å². The van der Waals surface area contributed by atoms with Gasteiger partial charge >= 0.3 is 0 Å². The van der Waals surface area contributed by atoms with E-state index in [1.807, 2.05) is 6.92 Å². The van der Waals surface area contributed by atoms with E-state index < -0.39 is 0 Å². The Bertz CT molecular complexity index is 529. The highest BCUT2D eigenvalue weighted by Gasteiger charge is 2.36. The molecule has 0 bridgehead atoms. The average Bonchev–Trinajstić information content (AvgIpc) is 2.90. The minimum Gasteiger partial charge on any atom is -0.355 e. The molecule has 2 aliphatic rings. The van der Waals surface area contributed by atoms with Gasteiger partial charge in [0.05, 0.1) is 0 Å². The number of hydrogen-bond donors (Lipinski definition) is 2. The lowest BCUT2D eigenvalue weighted by atomic mass is 10.0. The molecule has 2 atom stereocenters. The van der Waals surface area contributed by atoms with Gasteiger partial charge in [0, 0.05) is 32.2 Å². The Kier molecular flexibility index (Phi) is 4.27. The molecule has 1 saturated heterocycles. The van der Waals surface area contributed by atoms with Gasteiger partial charge in [-0.15, -0.1) is 0 Å².